The molecule has 3 amide bonds. The van der Waals surface area contributed by atoms with E-state index < -0.39 is 17.1 Å². The molecule has 2 aromatic heterocycles. The normalized spacial score (nSPS) is 15.9. The van der Waals surface area contributed by atoms with Crippen LogP contribution in [0.4, 0.5) is 9.93 Å². The van der Waals surface area contributed by atoms with E-state index in [0.717, 1.165) is 37.3 Å². The number of thiophene rings is 1. The molecule has 1 aliphatic heterocycles. The highest BCUT2D eigenvalue weighted by atomic mass is 32.2. The second-order valence-electron chi connectivity index (χ2n) is 5.82. The van der Waals surface area contributed by atoms with Crippen molar-refractivity contribution < 1.29 is 14.4 Å². The van der Waals surface area contributed by atoms with Crippen molar-refractivity contribution >= 4 is 72.9 Å². The van der Waals surface area contributed by atoms with Crippen LogP contribution in [0.5, 0.6) is 0 Å². The van der Waals surface area contributed by atoms with E-state index in [9.17, 15) is 14.4 Å². The van der Waals surface area contributed by atoms with Crippen LogP contribution >= 0.6 is 34.4 Å². The van der Waals surface area contributed by atoms with Gasteiger partial charge in [0.2, 0.25) is 5.91 Å². The molecule has 1 aliphatic rings. The summed E-state index contributed by atoms with van der Waals surface area (Å²) in [6.45, 7) is 1.66. The van der Waals surface area contributed by atoms with Crippen LogP contribution in [0.15, 0.2) is 40.6 Å². The summed E-state index contributed by atoms with van der Waals surface area (Å²) < 4.78 is 0.968. The summed E-state index contributed by atoms with van der Waals surface area (Å²) in [6.07, 6.45) is 1.67. The highest BCUT2D eigenvalue weighted by Gasteiger charge is 2.36. The smallest absolute Gasteiger partial charge is 0.294 e. The highest BCUT2D eigenvalue weighted by Crippen LogP contribution is 2.33. The number of aromatic nitrogens is 1. The van der Waals surface area contributed by atoms with Crippen molar-refractivity contribution in [2.45, 2.75) is 6.92 Å². The molecule has 0 bridgehead atoms. The lowest BCUT2D eigenvalue weighted by atomic mass is 10.2. The first kappa shape index (κ1) is 17.9. The van der Waals surface area contributed by atoms with Crippen LogP contribution in [0, 0.1) is 6.92 Å². The summed E-state index contributed by atoms with van der Waals surface area (Å²) in [5.74, 6) is -0.904. The number of imide groups is 1. The molecular weight excluding hydrogens is 402 g/mol. The van der Waals surface area contributed by atoms with Crippen molar-refractivity contribution in [3.05, 3.63) is 51.1 Å². The van der Waals surface area contributed by atoms with Crippen molar-refractivity contribution in [3.63, 3.8) is 0 Å². The maximum Gasteiger partial charge on any atom is 0.294 e. The first-order chi connectivity index (χ1) is 13.0. The zero-order valence-corrected chi connectivity index (χ0v) is 16.5. The molecule has 0 radical (unpaired) electrons. The lowest BCUT2D eigenvalue weighted by Gasteiger charge is -2.11. The van der Waals surface area contributed by atoms with E-state index >= 15 is 0 Å². The average molecular weight is 416 g/mol. The Morgan fingerprint density at radius 2 is 2.15 bits per heavy atom. The number of nitrogens with one attached hydrogen (secondary N) is 1. The standard InChI is InChI=1S/C18H13N3O3S3/c1-10-4-5-12-13(7-10)26-17(19-12)20-15(22)9-21-16(23)14(27-18(21)24)8-11-3-2-6-25-11/h2-8H,9H2,1H3,(H,19,20,22)/b14-8-. The fraction of sp³-hybridized carbons (Fsp3) is 0.111. The van der Waals surface area contributed by atoms with Gasteiger partial charge in [-0.15, -0.1) is 11.3 Å². The number of thioether (sulfide) groups is 1. The number of aryl methyl sites for hydroxylation is 1. The number of anilines is 1. The predicted molar refractivity (Wildman–Crippen MR) is 110 cm³/mol. The number of rotatable bonds is 4. The zero-order chi connectivity index (χ0) is 19.0. The molecule has 0 atom stereocenters. The lowest BCUT2D eigenvalue weighted by Crippen LogP contribution is -2.36. The van der Waals surface area contributed by atoms with Gasteiger partial charge in [-0.1, -0.05) is 23.5 Å². The minimum Gasteiger partial charge on any atom is -0.300 e. The molecule has 136 valence electrons. The van der Waals surface area contributed by atoms with Crippen LogP contribution in [0.3, 0.4) is 0 Å². The molecular formula is C18H13N3O3S3. The molecule has 4 rings (SSSR count). The van der Waals surface area contributed by atoms with Gasteiger partial charge in [0, 0.05) is 4.88 Å². The van der Waals surface area contributed by atoms with Crippen molar-refractivity contribution in [1.29, 1.82) is 0 Å². The zero-order valence-electron chi connectivity index (χ0n) is 14.1. The van der Waals surface area contributed by atoms with Gasteiger partial charge in [-0.25, -0.2) is 4.98 Å². The van der Waals surface area contributed by atoms with Gasteiger partial charge in [0.1, 0.15) is 6.54 Å². The number of carbonyl (C=O) groups is 3. The fourth-order valence-corrected chi connectivity index (χ4v) is 5.07. The molecule has 1 fully saturated rings. The van der Waals surface area contributed by atoms with Gasteiger partial charge < -0.3 is 5.32 Å². The summed E-state index contributed by atoms with van der Waals surface area (Å²) >= 11 is 3.68. The van der Waals surface area contributed by atoms with Gasteiger partial charge in [-0.05, 0) is 53.9 Å². The molecule has 27 heavy (non-hydrogen) atoms. The van der Waals surface area contributed by atoms with Gasteiger partial charge in [-0.2, -0.15) is 0 Å². The summed E-state index contributed by atoms with van der Waals surface area (Å²) in [6, 6.07) is 9.57. The molecule has 0 saturated carbocycles. The number of amides is 3. The topological polar surface area (TPSA) is 79.4 Å². The Morgan fingerprint density at radius 3 is 2.93 bits per heavy atom. The maximum absolute atomic E-state index is 12.4. The molecule has 0 unspecified atom stereocenters. The van der Waals surface area contributed by atoms with Crippen molar-refractivity contribution in [2.75, 3.05) is 11.9 Å². The Labute approximate surface area is 166 Å². The largest absolute Gasteiger partial charge is 0.300 e. The van der Waals surface area contributed by atoms with E-state index in [-0.39, 0.29) is 6.54 Å². The SMILES string of the molecule is Cc1ccc2nc(NC(=O)CN3C(=O)S/C(=C\c4cccs4)C3=O)sc2c1. The van der Waals surface area contributed by atoms with Crippen LogP contribution in [0.2, 0.25) is 0 Å². The molecule has 1 aromatic carbocycles. The molecule has 1 N–H and O–H groups in total. The van der Waals surface area contributed by atoms with Crippen molar-refractivity contribution in [1.82, 2.24) is 9.88 Å². The first-order valence-corrected chi connectivity index (χ1v) is 10.5. The van der Waals surface area contributed by atoms with Gasteiger partial charge >= 0.3 is 0 Å². The van der Waals surface area contributed by atoms with Crippen molar-refractivity contribution in [3.8, 4) is 0 Å². The van der Waals surface area contributed by atoms with Crippen LogP contribution in [0.1, 0.15) is 10.4 Å². The second-order valence-corrected chi connectivity index (χ2v) is 8.82. The number of carbonyl (C=O) groups excluding carboxylic acids is 3. The number of fused-ring (bicyclic) bond motifs is 1. The Balaban J connectivity index is 1.45. The van der Waals surface area contributed by atoms with Gasteiger partial charge in [0.15, 0.2) is 5.13 Å². The maximum atomic E-state index is 12.4. The van der Waals surface area contributed by atoms with Gasteiger partial charge in [-0.3, -0.25) is 19.3 Å². The van der Waals surface area contributed by atoms with E-state index in [1.165, 1.54) is 22.7 Å². The molecule has 1 saturated heterocycles. The van der Waals surface area contributed by atoms with Gasteiger partial charge in [0.05, 0.1) is 15.1 Å². The third-order valence-corrected chi connectivity index (χ3v) is 6.44. The summed E-state index contributed by atoms with van der Waals surface area (Å²) in [5.41, 5.74) is 1.91. The minimum absolute atomic E-state index is 0.325. The van der Waals surface area contributed by atoms with E-state index in [4.69, 9.17) is 0 Å². The van der Waals surface area contributed by atoms with E-state index in [1.54, 1.807) is 6.08 Å². The molecule has 3 aromatic rings. The third-order valence-electron chi connectivity index (χ3n) is 3.78. The van der Waals surface area contributed by atoms with E-state index in [1.807, 2.05) is 42.6 Å². The Bertz CT molecular complexity index is 1090. The fourth-order valence-electron chi connectivity index (χ4n) is 2.53. The third kappa shape index (κ3) is 3.80. The summed E-state index contributed by atoms with van der Waals surface area (Å²) in [5, 5.41) is 4.57. The van der Waals surface area contributed by atoms with E-state index in [2.05, 4.69) is 10.3 Å². The minimum atomic E-state index is -0.453. The molecule has 3 heterocycles. The lowest BCUT2D eigenvalue weighted by molar-refractivity contribution is -0.127. The number of nitrogens with zero attached hydrogens (tertiary/aromatic N) is 2. The Kier molecular flexibility index (Phi) is 4.81. The van der Waals surface area contributed by atoms with Crippen LogP contribution in [0.25, 0.3) is 16.3 Å². The molecule has 0 spiro atoms. The average Bonchev–Trinajstić information content (AvgIpc) is 3.32. The number of thiazole rings is 1. The predicted octanol–water partition coefficient (Wildman–Crippen LogP) is 4.34. The Hall–Kier alpha value is -2.49. The summed E-state index contributed by atoms with van der Waals surface area (Å²) in [7, 11) is 0. The highest BCUT2D eigenvalue weighted by molar-refractivity contribution is 8.18. The molecule has 9 heteroatoms. The quantitative estimate of drug-likeness (QED) is 0.641. The van der Waals surface area contributed by atoms with Gasteiger partial charge in [0.25, 0.3) is 11.1 Å². The number of hydrogen-bond donors (Lipinski definition) is 1. The van der Waals surface area contributed by atoms with Crippen LogP contribution in [-0.4, -0.2) is 33.5 Å². The van der Waals surface area contributed by atoms with Crippen LogP contribution in [-0.2, 0) is 9.59 Å². The van der Waals surface area contributed by atoms with E-state index in [0.29, 0.717) is 10.0 Å². The summed E-state index contributed by atoms with van der Waals surface area (Å²) in [4.78, 5) is 43.4. The molecule has 0 aliphatic carbocycles. The Morgan fingerprint density at radius 1 is 1.30 bits per heavy atom. The number of benzene rings is 1. The monoisotopic (exact) mass is 415 g/mol. The van der Waals surface area contributed by atoms with Crippen molar-refractivity contribution in [2.24, 2.45) is 0 Å². The van der Waals surface area contributed by atoms with Crippen LogP contribution < -0.4 is 5.32 Å². The second kappa shape index (κ2) is 7.26. The molecule has 6 nitrogen and oxygen atoms in total. The first-order valence-electron chi connectivity index (χ1n) is 7.95. The number of hydrogen-bond acceptors (Lipinski definition) is 7.